The monoisotopic (exact) mass is 413 g/mol. The molecule has 0 aromatic heterocycles. The average Bonchev–Trinajstić information content (AvgIpc) is 2.66. The third-order valence-electron chi connectivity index (χ3n) is 5.28. The molecule has 0 unspecified atom stereocenters. The van der Waals surface area contributed by atoms with Crippen LogP contribution in [-0.4, -0.2) is 58.8 Å². The van der Waals surface area contributed by atoms with Crippen LogP contribution in [0.4, 0.5) is 0 Å². The molecule has 0 aliphatic carbocycles. The molecule has 0 bridgehead atoms. The van der Waals surface area contributed by atoms with E-state index in [9.17, 15) is 19.5 Å². The zero-order chi connectivity index (χ0) is 22.0. The van der Waals surface area contributed by atoms with Gasteiger partial charge in [-0.3, -0.25) is 9.59 Å². The van der Waals surface area contributed by atoms with Gasteiger partial charge in [-0.2, -0.15) is 0 Å². The minimum Gasteiger partial charge on any atom is -0.550 e. The Balaban J connectivity index is 4.46. The number of aliphatic carboxylic acids is 3. The molecule has 0 aromatic rings. The first-order valence-electron chi connectivity index (χ1n) is 10.9. The van der Waals surface area contributed by atoms with Gasteiger partial charge in [0.25, 0.3) is 0 Å². The molecular weight excluding hydrogens is 374 g/mol. The molecule has 0 rings (SSSR count). The highest BCUT2D eigenvalue weighted by Crippen LogP contribution is 2.16. The van der Waals surface area contributed by atoms with Gasteiger partial charge >= 0.3 is 11.9 Å². The number of carboxylic acids is 3. The SMILES string of the molecule is CCCCC/C=C/CCCCCC[N+](CCC(=O)[O-])(CCC(=O)O)CCC(=O)O. The molecule has 0 saturated carbocycles. The summed E-state index contributed by atoms with van der Waals surface area (Å²) >= 11 is 0. The molecule has 0 heterocycles. The Morgan fingerprint density at radius 3 is 1.69 bits per heavy atom. The standard InChI is InChI=1S/C22H39NO6/c1-2-3-4-5-6-7-8-9-10-11-12-16-23(17-13-20(24)25,18-14-21(26)27)19-15-22(28)29/h6-7H,2-5,8-19H2,1H3,(H2-,24,25,26,27,28,29)/b7-6+. The van der Waals surface area contributed by atoms with Crippen molar-refractivity contribution in [3.63, 3.8) is 0 Å². The second-order valence-corrected chi connectivity index (χ2v) is 7.82. The minimum absolute atomic E-state index is 0.102. The summed E-state index contributed by atoms with van der Waals surface area (Å²) in [6.07, 6.45) is 14.0. The van der Waals surface area contributed by atoms with E-state index in [1.165, 1.54) is 19.3 Å². The number of rotatable bonds is 20. The number of carbonyl (C=O) groups is 3. The number of nitrogens with zero attached hydrogens (tertiary/aromatic N) is 1. The molecule has 7 nitrogen and oxygen atoms in total. The van der Waals surface area contributed by atoms with E-state index in [4.69, 9.17) is 10.2 Å². The molecule has 0 amide bonds. The number of carboxylic acid groups (broad SMARTS) is 3. The van der Waals surface area contributed by atoms with Crippen molar-refractivity contribution in [3.05, 3.63) is 12.2 Å². The Morgan fingerprint density at radius 1 is 0.724 bits per heavy atom. The van der Waals surface area contributed by atoms with Gasteiger partial charge < -0.3 is 24.6 Å². The predicted molar refractivity (Wildman–Crippen MR) is 110 cm³/mol. The van der Waals surface area contributed by atoms with Crippen LogP contribution in [0.25, 0.3) is 0 Å². The molecule has 168 valence electrons. The topological polar surface area (TPSA) is 115 Å². The molecule has 0 aliphatic heterocycles. The second kappa shape index (κ2) is 17.0. The zero-order valence-electron chi connectivity index (χ0n) is 17.9. The molecular formula is C22H39NO6. The lowest BCUT2D eigenvalue weighted by molar-refractivity contribution is -0.927. The van der Waals surface area contributed by atoms with E-state index in [0.29, 0.717) is 6.54 Å². The maximum atomic E-state index is 11.0. The van der Waals surface area contributed by atoms with Gasteiger partial charge in [-0.25, -0.2) is 0 Å². The van der Waals surface area contributed by atoms with Crippen molar-refractivity contribution in [1.82, 2.24) is 0 Å². The Bertz CT molecular complexity index is 458. The van der Waals surface area contributed by atoms with Crippen LogP contribution in [-0.2, 0) is 14.4 Å². The van der Waals surface area contributed by atoms with E-state index in [0.717, 1.165) is 38.5 Å². The smallest absolute Gasteiger partial charge is 0.309 e. The van der Waals surface area contributed by atoms with Gasteiger partial charge in [0.15, 0.2) is 0 Å². The van der Waals surface area contributed by atoms with Crippen LogP contribution in [0.5, 0.6) is 0 Å². The third-order valence-corrected chi connectivity index (χ3v) is 5.28. The fourth-order valence-corrected chi connectivity index (χ4v) is 3.48. The second-order valence-electron chi connectivity index (χ2n) is 7.82. The van der Waals surface area contributed by atoms with Crippen LogP contribution in [0.1, 0.15) is 84.0 Å². The maximum Gasteiger partial charge on any atom is 0.309 e. The average molecular weight is 414 g/mol. The normalized spacial score (nSPS) is 11.8. The number of carbonyl (C=O) groups excluding carboxylic acids is 1. The Hall–Kier alpha value is -1.89. The van der Waals surface area contributed by atoms with Crippen LogP contribution < -0.4 is 5.11 Å². The van der Waals surface area contributed by atoms with Crippen LogP contribution in [0.15, 0.2) is 12.2 Å². The summed E-state index contributed by atoms with van der Waals surface area (Å²) in [4.78, 5) is 33.0. The fourth-order valence-electron chi connectivity index (χ4n) is 3.48. The Morgan fingerprint density at radius 2 is 1.21 bits per heavy atom. The van der Waals surface area contributed by atoms with Crippen LogP contribution in [0, 0.1) is 0 Å². The van der Waals surface area contributed by atoms with E-state index < -0.39 is 17.9 Å². The fraction of sp³-hybridized carbons (Fsp3) is 0.773. The largest absolute Gasteiger partial charge is 0.550 e. The highest BCUT2D eigenvalue weighted by Gasteiger charge is 2.28. The molecule has 7 heteroatoms. The van der Waals surface area contributed by atoms with E-state index in [1.54, 1.807) is 0 Å². The van der Waals surface area contributed by atoms with Gasteiger partial charge in [-0.05, 0) is 38.5 Å². The Labute approximate surface area is 175 Å². The van der Waals surface area contributed by atoms with Crippen molar-refractivity contribution in [2.45, 2.75) is 84.0 Å². The van der Waals surface area contributed by atoms with Gasteiger partial charge in [0.1, 0.15) is 0 Å². The first-order valence-corrected chi connectivity index (χ1v) is 10.9. The molecule has 2 N–H and O–H groups in total. The van der Waals surface area contributed by atoms with Crippen molar-refractivity contribution in [2.75, 3.05) is 26.2 Å². The van der Waals surface area contributed by atoms with Gasteiger partial charge in [-0.15, -0.1) is 0 Å². The lowest BCUT2D eigenvalue weighted by Crippen LogP contribution is -2.53. The van der Waals surface area contributed by atoms with Crippen molar-refractivity contribution >= 4 is 17.9 Å². The predicted octanol–water partition coefficient (Wildman–Crippen LogP) is 2.98. The maximum absolute atomic E-state index is 11.0. The number of unbranched alkanes of at least 4 members (excludes halogenated alkanes) is 7. The van der Waals surface area contributed by atoms with E-state index in [1.807, 2.05) is 0 Å². The van der Waals surface area contributed by atoms with Crippen LogP contribution >= 0.6 is 0 Å². The van der Waals surface area contributed by atoms with Gasteiger partial charge in [0.2, 0.25) is 0 Å². The lowest BCUT2D eigenvalue weighted by atomic mass is 10.1. The number of hydrogen-bond donors (Lipinski definition) is 2. The molecule has 0 fully saturated rings. The molecule has 0 saturated heterocycles. The summed E-state index contributed by atoms with van der Waals surface area (Å²) in [5.41, 5.74) is 0. The quantitative estimate of drug-likeness (QED) is 0.180. The number of allylic oxidation sites excluding steroid dienone is 2. The number of quaternary nitrogens is 1. The van der Waals surface area contributed by atoms with E-state index >= 15 is 0 Å². The summed E-state index contributed by atoms with van der Waals surface area (Å²) in [7, 11) is 0. The van der Waals surface area contributed by atoms with Crippen molar-refractivity contribution < 1.29 is 34.2 Å². The Kier molecular flexibility index (Phi) is 15.9. The first-order chi connectivity index (χ1) is 13.8. The van der Waals surface area contributed by atoms with E-state index in [-0.39, 0.29) is 43.4 Å². The summed E-state index contributed by atoms with van der Waals surface area (Å²) in [5, 5.41) is 29.0. The summed E-state index contributed by atoms with van der Waals surface area (Å²) < 4.78 is 0.212. The number of hydrogen-bond acceptors (Lipinski definition) is 4. The summed E-state index contributed by atoms with van der Waals surface area (Å²) in [5.74, 6) is -3.10. The van der Waals surface area contributed by atoms with Crippen molar-refractivity contribution in [3.8, 4) is 0 Å². The molecule has 29 heavy (non-hydrogen) atoms. The molecule has 0 atom stereocenters. The first kappa shape index (κ1) is 27.1. The summed E-state index contributed by atoms with van der Waals surface area (Å²) in [6.45, 7) is 3.50. The van der Waals surface area contributed by atoms with Crippen LogP contribution in [0.3, 0.4) is 0 Å². The van der Waals surface area contributed by atoms with Gasteiger partial charge in [0, 0.05) is 12.4 Å². The van der Waals surface area contributed by atoms with Crippen LogP contribution in [0.2, 0.25) is 0 Å². The highest BCUT2D eigenvalue weighted by molar-refractivity contribution is 5.67. The zero-order valence-corrected chi connectivity index (χ0v) is 17.9. The van der Waals surface area contributed by atoms with Gasteiger partial charge in [0.05, 0.1) is 39.0 Å². The molecule has 0 aromatic carbocycles. The minimum atomic E-state index is -1.19. The van der Waals surface area contributed by atoms with Crippen molar-refractivity contribution in [2.24, 2.45) is 0 Å². The van der Waals surface area contributed by atoms with Crippen molar-refractivity contribution in [1.29, 1.82) is 0 Å². The lowest BCUT2D eigenvalue weighted by Gasteiger charge is -2.38. The molecule has 0 aliphatic rings. The van der Waals surface area contributed by atoms with E-state index in [2.05, 4.69) is 19.1 Å². The highest BCUT2D eigenvalue weighted by atomic mass is 16.4. The van der Waals surface area contributed by atoms with Gasteiger partial charge in [-0.1, -0.05) is 38.3 Å². The summed E-state index contributed by atoms with van der Waals surface area (Å²) in [6, 6.07) is 0. The third kappa shape index (κ3) is 16.7. The molecule has 0 spiro atoms. The molecule has 0 radical (unpaired) electrons.